The van der Waals surface area contributed by atoms with Crippen LogP contribution in [0.5, 0.6) is 0 Å². The lowest BCUT2D eigenvalue weighted by Gasteiger charge is -2.52. The van der Waals surface area contributed by atoms with Crippen molar-refractivity contribution in [3.63, 3.8) is 0 Å². The minimum absolute atomic E-state index is 0.296. The Bertz CT molecular complexity index is 575. The molecule has 2 heteroatoms. The van der Waals surface area contributed by atoms with Gasteiger partial charge in [0.25, 0.3) is 0 Å². The molecule has 0 bridgehead atoms. The van der Waals surface area contributed by atoms with Crippen molar-refractivity contribution in [1.82, 2.24) is 0 Å². The number of rotatable bonds is 5. The second-order valence-corrected chi connectivity index (χ2v) is 11.4. The Kier molecular flexibility index (Phi) is 11.6. The van der Waals surface area contributed by atoms with Gasteiger partial charge in [0.2, 0.25) is 0 Å². The second-order valence-electron chi connectivity index (χ2n) is 11.4. The van der Waals surface area contributed by atoms with Crippen LogP contribution in [0.15, 0.2) is 37.1 Å². The van der Waals surface area contributed by atoms with Crippen molar-refractivity contribution < 1.29 is 0 Å². The molecule has 3 aliphatic carbocycles. The Morgan fingerprint density at radius 2 is 1.81 bits per heavy atom. The summed E-state index contributed by atoms with van der Waals surface area (Å²) in [5.74, 6) is 2.71. The maximum absolute atomic E-state index is 6.76. The highest BCUT2D eigenvalue weighted by molar-refractivity contribution is 5.13. The molecule has 0 aromatic heterocycles. The third-order valence-electron chi connectivity index (χ3n) is 8.50. The molecule has 0 aliphatic heterocycles. The zero-order chi connectivity index (χ0) is 23.7. The van der Waals surface area contributed by atoms with Gasteiger partial charge in [0.05, 0.1) is 0 Å². The molecule has 0 saturated heterocycles. The SMILES string of the molecule is C=C(N)C1CCC2C(N)C(C(C)(C)CCC)CC[C@]12C.C=CCC.CC1CC=CCC1. The topological polar surface area (TPSA) is 52.0 Å². The predicted molar refractivity (Wildman–Crippen MR) is 140 cm³/mol. The van der Waals surface area contributed by atoms with Crippen molar-refractivity contribution in [2.24, 2.45) is 46.0 Å². The molecule has 3 aliphatic rings. The van der Waals surface area contributed by atoms with Crippen LogP contribution in [0.3, 0.4) is 0 Å². The average molecular weight is 431 g/mol. The van der Waals surface area contributed by atoms with Crippen LogP contribution in [0.4, 0.5) is 0 Å². The summed E-state index contributed by atoms with van der Waals surface area (Å²) in [6.45, 7) is 21.4. The molecule has 0 spiro atoms. The molecule has 0 heterocycles. The molecular formula is C29H54N2. The maximum atomic E-state index is 6.76. The fourth-order valence-corrected chi connectivity index (χ4v) is 6.49. The highest BCUT2D eigenvalue weighted by Gasteiger charge is 2.55. The first kappa shape index (κ1) is 28.0. The summed E-state index contributed by atoms with van der Waals surface area (Å²) in [6.07, 6.45) is 19.0. The lowest BCUT2D eigenvalue weighted by atomic mass is 9.55. The first-order valence-corrected chi connectivity index (χ1v) is 13.0. The highest BCUT2D eigenvalue weighted by Crippen LogP contribution is 2.59. The van der Waals surface area contributed by atoms with Gasteiger partial charge in [0.1, 0.15) is 0 Å². The quantitative estimate of drug-likeness (QED) is 0.434. The molecule has 5 unspecified atom stereocenters. The van der Waals surface area contributed by atoms with Crippen LogP contribution >= 0.6 is 0 Å². The van der Waals surface area contributed by atoms with Crippen LogP contribution in [-0.4, -0.2) is 6.04 Å². The van der Waals surface area contributed by atoms with Crippen molar-refractivity contribution in [2.45, 2.75) is 112 Å². The predicted octanol–water partition coefficient (Wildman–Crippen LogP) is 8.00. The Hall–Kier alpha value is -1.02. The van der Waals surface area contributed by atoms with Crippen molar-refractivity contribution in [1.29, 1.82) is 0 Å². The molecule has 3 rings (SSSR count). The van der Waals surface area contributed by atoms with Gasteiger partial charge >= 0.3 is 0 Å². The Morgan fingerprint density at radius 3 is 2.23 bits per heavy atom. The van der Waals surface area contributed by atoms with Crippen molar-refractivity contribution in [3.05, 3.63) is 37.1 Å². The van der Waals surface area contributed by atoms with Gasteiger partial charge < -0.3 is 11.5 Å². The number of hydrogen-bond acceptors (Lipinski definition) is 2. The van der Waals surface area contributed by atoms with E-state index in [-0.39, 0.29) is 0 Å². The zero-order valence-electron chi connectivity index (χ0n) is 21.8. The van der Waals surface area contributed by atoms with E-state index in [1.807, 2.05) is 6.08 Å². The molecule has 2 fully saturated rings. The standard InChI is InChI=1S/C18H34N2.C7H12.C4H8/c1-6-10-17(3,4)14-9-11-18(5)13(12(2)19)7-8-15(18)16(14)20;1-7-5-3-2-4-6-7;1-3-4-2/h13-16H,2,6-11,19-20H2,1,3-5H3;2-3,7H,4-6H2,1H3;3H,1,4H2,2H3/t13?,14?,15?,16?,18-;;/m1../s1. The minimum atomic E-state index is 0.296. The summed E-state index contributed by atoms with van der Waals surface area (Å²) >= 11 is 0. The van der Waals surface area contributed by atoms with Gasteiger partial charge in [-0.25, -0.2) is 0 Å². The molecule has 4 N–H and O–H groups in total. The minimum Gasteiger partial charge on any atom is -0.402 e. The van der Waals surface area contributed by atoms with E-state index in [1.165, 1.54) is 57.8 Å². The zero-order valence-corrected chi connectivity index (χ0v) is 21.8. The van der Waals surface area contributed by atoms with E-state index in [1.54, 1.807) is 0 Å². The lowest BCUT2D eigenvalue weighted by molar-refractivity contribution is 0.00750. The van der Waals surface area contributed by atoms with Gasteiger partial charge in [-0.3, -0.25) is 0 Å². The number of nitrogens with two attached hydrogens (primary N) is 2. The van der Waals surface area contributed by atoms with E-state index < -0.39 is 0 Å². The van der Waals surface area contributed by atoms with Gasteiger partial charge in [-0.2, -0.15) is 0 Å². The average Bonchev–Trinajstić information content (AvgIpc) is 3.07. The normalized spacial score (nSPS) is 34.5. The van der Waals surface area contributed by atoms with E-state index in [0.29, 0.717) is 34.6 Å². The summed E-state index contributed by atoms with van der Waals surface area (Å²) in [6, 6.07) is 0.333. The van der Waals surface area contributed by atoms with Crippen molar-refractivity contribution in [3.8, 4) is 0 Å². The van der Waals surface area contributed by atoms with Crippen LogP contribution in [0.2, 0.25) is 0 Å². The molecule has 0 aromatic carbocycles. The van der Waals surface area contributed by atoms with Gasteiger partial charge in [-0.15, -0.1) is 6.58 Å². The van der Waals surface area contributed by atoms with Crippen LogP contribution in [0.25, 0.3) is 0 Å². The maximum Gasteiger partial charge on any atom is 0.0106 e. The third kappa shape index (κ3) is 7.52. The molecule has 2 nitrogen and oxygen atoms in total. The smallest absolute Gasteiger partial charge is 0.0106 e. The fraction of sp³-hybridized carbons (Fsp3) is 0.793. The van der Waals surface area contributed by atoms with Crippen molar-refractivity contribution >= 4 is 0 Å². The number of fused-ring (bicyclic) bond motifs is 1. The molecule has 0 amide bonds. The summed E-state index contributed by atoms with van der Waals surface area (Å²) < 4.78 is 0. The van der Waals surface area contributed by atoms with Crippen LogP contribution in [-0.2, 0) is 0 Å². The third-order valence-corrected chi connectivity index (χ3v) is 8.50. The van der Waals surface area contributed by atoms with E-state index in [9.17, 15) is 0 Å². The Labute approximate surface area is 195 Å². The van der Waals surface area contributed by atoms with E-state index >= 15 is 0 Å². The molecular weight excluding hydrogens is 376 g/mol. The largest absolute Gasteiger partial charge is 0.402 e. The molecule has 0 aromatic rings. The van der Waals surface area contributed by atoms with Crippen LogP contribution < -0.4 is 11.5 Å². The van der Waals surface area contributed by atoms with Crippen LogP contribution in [0.1, 0.15) is 106 Å². The van der Waals surface area contributed by atoms with Crippen LogP contribution in [0, 0.1) is 34.5 Å². The fourth-order valence-electron chi connectivity index (χ4n) is 6.49. The Morgan fingerprint density at radius 1 is 1.16 bits per heavy atom. The molecule has 31 heavy (non-hydrogen) atoms. The summed E-state index contributed by atoms with van der Waals surface area (Å²) in [7, 11) is 0. The number of allylic oxidation sites excluding steroid dienone is 4. The van der Waals surface area contributed by atoms with Gasteiger partial charge in [-0.1, -0.05) is 72.8 Å². The van der Waals surface area contributed by atoms with Gasteiger partial charge in [0.15, 0.2) is 0 Å². The van der Waals surface area contributed by atoms with E-state index in [0.717, 1.165) is 18.0 Å². The lowest BCUT2D eigenvalue weighted by Crippen LogP contribution is -2.53. The summed E-state index contributed by atoms with van der Waals surface area (Å²) in [4.78, 5) is 0. The molecule has 2 saturated carbocycles. The monoisotopic (exact) mass is 430 g/mol. The van der Waals surface area contributed by atoms with Gasteiger partial charge in [-0.05, 0) is 86.4 Å². The van der Waals surface area contributed by atoms with Gasteiger partial charge in [0, 0.05) is 17.7 Å². The molecule has 0 radical (unpaired) electrons. The van der Waals surface area contributed by atoms with E-state index in [2.05, 4.69) is 66.9 Å². The first-order chi connectivity index (χ1) is 14.5. The second kappa shape index (κ2) is 12.9. The molecule has 6 atom stereocenters. The van der Waals surface area contributed by atoms with Crippen molar-refractivity contribution in [2.75, 3.05) is 0 Å². The highest BCUT2D eigenvalue weighted by atomic mass is 14.8. The summed E-state index contributed by atoms with van der Waals surface area (Å²) in [5.41, 5.74) is 14.4. The van der Waals surface area contributed by atoms with E-state index in [4.69, 9.17) is 11.5 Å². The number of hydrogen-bond donors (Lipinski definition) is 2. The Balaban J connectivity index is 0.000000358. The first-order valence-electron chi connectivity index (χ1n) is 13.0. The summed E-state index contributed by atoms with van der Waals surface area (Å²) in [5, 5.41) is 0. The molecule has 180 valence electrons.